The molecule has 2 N–H and O–H groups in total. The lowest BCUT2D eigenvalue weighted by Crippen LogP contribution is -1.98. The van der Waals surface area contributed by atoms with Crippen molar-refractivity contribution >= 4 is 39.3 Å². The summed E-state index contributed by atoms with van der Waals surface area (Å²) in [5.74, 6) is -1.35. The summed E-state index contributed by atoms with van der Waals surface area (Å²) in [7, 11) is 0. The second-order valence-electron chi connectivity index (χ2n) is 3.86. The number of aromatic amines is 1. The van der Waals surface area contributed by atoms with Gasteiger partial charge in [0, 0.05) is 4.90 Å². The molecular weight excluding hydrogens is 285 g/mol. The van der Waals surface area contributed by atoms with Crippen molar-refractivity contribution in [3.8, 4) is 0 Å². The molecule has 0 spiro atoms. The predicted octanol–water partition coefficient (Wildman–Crippen LogP) is 4.22. The van der Waals surface area contributed by atoms with Crippen LogP contribution in [0.2, 0.25) is 0 Å². The zero-order chi connectivity index (χ0) is 13.4. The van der Waals surface area contributed by atoms with Gasteiger partial charge < -0.3 is 10.1 Å². The van der Waals surface area contributed by atoms with E-state index in [-0.39, 0.29) is 11.5 Å². The van der Waals surface area contributed by atoms with Crippen LogP contribution in [0.5, 0.6) is 0 Å². The largest absolute Gasteiger partial charge is 0.477 e. The fourth-order valence-electron chi connectivity index (χ4n) is 1.78. The Morgan fingerprint density at radius 1 is 1.37 bits per heavy atom. The SMILES string of the molecule is O=C(O)c1[nH]c2ccsc2c1Sc1cccc(F)c1. The van der Waals surface area contributed by atoms with Crippen LogP contribution in [0.25, 0.3) is 10.2 Å². The second-order valence-corrected chi connectivity index (χ2v) is 5.86. The molecule has 0 bridgehead atoms. The molecule has 0 atom stereocenters. The highest BCUT2D eigenvalue weighted by atomic mass is 32.2. The van der Waals surface area contributed by atoms with Crippen molar-refractivity contribution in [2.45, 2.75) is 9.79 Å². The number of fused-ring (bicyclic) bond motifs is 1. The highest BCUT2D eigenvalue weighted by molar-refractivity contribution is 7.99. The van der Waals surface area contributed by atoms with E-state index in [9.17, 15) is 14.3 Å². The summed E-state index contributed by atoms with van der Waals surface area (Å²) in [5.41, 5.74) is 0.942. The number of carbonyl (C=O) groups is 1. The summed E-state index contributed by atoms with van der Waals surface area (Å²) in [6.07, 6.45) is 0. The number of thiophene rings is 1. The van der Waals surface area contributed by atoms with Crippen molar-refractivity contribution in [1.29, 1.82) is 0 Å². The Hall–Kier alpha value is -1.79. The zero-order valence-electron chi connectivity index (χ0n) is 9.51. The zero-order valence-corrected chi connectivity index (χ0v) is 11.1. The average molecular weight is 293 g/mol. The van der Waals surface area contributed by atoms with E-state index < -0.39 is 5.97 Å². The summed E-state index contributed by atoms with van der Waals surface area (Å²) < 4.78 is 14.1. The van der Waals surface area contributed by atoms with Crippen LogP contribution < -0.4 is 0 Å². The lowest BCUT2D eigenvalue weighted by molar-refractivity contribution is 0.0688. The minimum Gasteiger partial charge on any atom is -0.477 e. The lowest BCUT2D eigenvalue weighted by Gasteiger charge is -2.01. The Balaban J connectivity index is 2.10. The van der Waals surface area contributed by atoms with Crippen LogP contribution in [0.15, 0.2) is 45.5 Å². The van der Waals surface area contributed by atoms with Gasteiger partial charge in [-0.25, -0.2) is 9.18 Å². The molecule has 0 fully saturated rings. The van der Waals surface area contributed by atoms with Crippen molar-refractivity contribution in [2.75, 3.05) is 0 Å². The number of halogens is 1. The van der Waals surface area contributed by atoms with Gasteiger partial charge in [-0.1, -0.05) is 17.8 Å². The van der Waals surface area contributed by atoms with Crippen LogP contribution in [0.1, 0.15) is 10.5 Å². The molecule has 3 nitrogen and oxygen atoms in total. The Morgan fingerprint density at radius 3 is 2.95 bits per heavy atom. The fourth-order valence-corrected chi connectivity index (χ4v) is 3.85. The maximum atomic E-state index is 13.2. The third kappa shape index (κ3) is 2.24. The van der Waals surface area contributed by atoms with E-state index in [1.54, 1.807) is 12.1 Å². The smallest absolute Gasteiger partial charge is 0.353 e. The van der Waals surface area contributed by atoms with Gasteiger partial charge in [0.15, 0.2) is 0 Å². The van der Waals surface area contributed by atoms with Crippen molar-refractivity contribution in [3.63, 3.8) is 0 Å². The first-order valence-corrected chi connectivity index (χ1v) is 7.10. The summed E-state index contributed by atoms with van der Waals surface area (Å²) in [6, 6.07) is 7.95. The average Bonchev–Trinajstić information content (AvgIpc) is 2.92. The Morgan fingerprint density at radius 2 is 2.21 bits per heavy atom. The fraction of sp³-hybridized carbons (Fsp3) is 0. The van der Waals surface area contributed by atoms with Crippen LogP contribution >= 0.6 is 23.1 Å². The number of aromatic carboxylic acids is 1. The van der Waals surface area contributed by atoms with Crippen molar-refractivity contribution in [3.05, 3.63) is 47.2 Å². The van der Waals surface area contributed by atoms with Gasteiger partial charge in [0.25, 0.3) is 0 Å². The van der Waals surface area contributed by atoms with Gasteiger partial charge in [-0.05, 0) is 29.6 Å². The first-order valence-electron chi connectivity index (χ1n) is 5.41. The van der Waals surface area contributed by atoms with Crippen LogP contribution in [0, 0.1) is 5.82 Å². The number of H-pyrrole nitrogens is 1. The molecule has 3 rings (SSSR count). The number of aromatic nitrogens is 1. The van der Waals surface area contributed by atoms with E-state index in [0.29, 0.717) is 9.79 Å². The number of nitrogens with one attached hydrogen (secondary N) is 1. The van der Waals surface area contributed by atoms with Gasteiger partial charge in [-0.3, -0.25) is 0 Å². The quantitative estimate of drug-likeness (QED) is 0.760. The van der Waals surface area contributed by atoms with Crippen LogP contribution in [0.4, 0.5) is 4.39 Å². The van der Waals surface area contributed by atoms with Gasteiger partial charge >= 0.3 is 5.97 Å². The molecule has 0 aliphatic carbocycles. The van der Waals surface area contributed by atoms with Crippen LogP contribution in [-0.2, 0) is 0 Å². The number of carboxylic acid groups (broad SMARTS) is 1. The predicted molar refractivity (Wildman–Crippen MR) is 73.7 cm³/mol. The molecule has 0 unspecified atom stereocenters. The normalized spacial score (nSPS) is 11.0. The molecule has 2 heterocycles. The molecule has 3 aromatic rings. The molecule has 19 heavy (non-hydrogen) atoms. The molecular formula is C13H8FNO2S2. The van der Waals surface area contributed by atoms with E-state index in [0.717, 1.165) is 10.2 Å². The topological polar surface area (TPSA) is 53.1 Å². The summed E-state index contributed by atoms with van der Waals surface area (Å²) in [5, 5.41) is 11.1. The minimum atomic E-state index is -1.01. The van der Waals surface area contributed by atoms with Gasteiger partial charge in [-0.15, -0.1) is 11.3 Å². The summed E-state index contributed by atoms with van der Waals surface area (Å²) >= 11 is 2.72. The number of benzene rings is 1. The maximum Gasteiger partial charge on any atom is 0.353 e. The third-order valence-electron chi connectivity index (χ3n) is 2.59. The van der Waals surface area contributed by atoms with E-state index in [1.165, 1.54) is 35.2 Å². The molecule has 96 valence electrons. The van der Waals surface area contributed by atoms with Gasteiger partial charge in [-0.2, -0.15) is 0 Å². The van der Waals surface area contributed by atoms with Crippen molar-refractivity contribution in [2.24, 2.45) is 0 Å². The Kier molecular flexibility index (Phi) is 3.04. The number of hydrogen-bond donors (Lipinski definition) is 2. The summed E-state index contributed by atoms with van der Waals surface area (Å²) in [4.78, 5) is 15.4. The highest BCUT2D eigenvalue weighted by Crippen LogP contribution is 2.39. The molecule has 0 aliphatic rings. The Labute approximate surface area is 116 Å². The van der Waals surface area contributed by atoms with Crippen molar-refractivity contribution < 1.29 is 14.3 Å². The number of carboxylic acids is 1. The molecule has 0 radical (unpaired) electrons. The van der Waals surface area contributed by atoms with Crippen LogP contribution in [-0.4, -0.2) is 16.1 Å². The molecule has 0 saturated heterocycles. The molecule has 0 aliphatic heterocycles. The van der Waals surface area contributed by atoms with E-state index >= 15 is 0 Å². The monoisotopic (exact) mass is 293 g/mol. The number of rotatable bonds is 3. The lowest BCUT2D eigenvalue weighted by atomic mass is 10.3. The minimum absolute atomic E-state index is 0.149. The summed E-state index contributed by atoms with van der Waals surface area (Å²) in [6.45, 7) is 0. The van der Waals surface area contributed by atoms with Crippen molar-refractivity contribution in [1.82, 2.24) is 4.98 Å². The Bertz CT molecular complexity index is 763. The first-order chi connectivity index (χ1) is 9.15. The standard InChI is InChI=1S/C13H8FNO2S2/c14-7-2-1-3-8(6-7)19-12-10(13(16)17)15-9-4-5-18-11(9)12/h1-6,15H,(H,16,17). The van der Waals surface area contributed by atoms with Gasteiger partial charge in [0.05, 0.1) is 15.1 Å². The second kappa shape index (κ2) is 4.71. The number of hydrogen-bond acceptors (Lipinski definition) is 3. The van der Waals surface area contributed by atoms with E-state index in [4.69, 9.17) is 0 Å². The first kappa shape index (κ1) is 12.3. The maximum absolute atomic E-state index is 13.2. The molecule has 6 heteroatoms. The highest BCUT2D eigenvalue weighted by Gasteiger charge is 2.19. The van der Waals surface area contributed by atoms with Gasteiger partial charge in [0.2, 0.25) is 0 Å². The van der Waals surface area contributed by atoms with Gasteiger partial charge in [0.1, 0.15) is 11.5 Å². The third-order valence-corrected chi connectivity index (χ3v) is 4.75. The van der Waals surface area contributed by atoms with E-state index in [2.05, 4.69) is 4.98 Å². The molecule has 1 aromatic carbocycles. The molecule has 0 amide bonds. The molecule has 0 saturated carbocycles. The van der Waals surface area contributed by atoms with E-state index in [1.807, 2.05) is 11.4 Å². The van der Waals surface area contributed by atoms with Crippen LogP contribution in [0.3, 0.4) is 0 Å². The molecule has 2 aromatic heterocycles.